The molecule has 0 radical (unpaired) electrons. The van der Waals surface area contributed by atoms with E-state index in [1.54, 1.807) is 0 Å². The van der Waals surface area contributed by atoms with Gasteiger partial charge in [-0.3, -0.25) is 9.59 Å². The summed E-state index contributed by atoms with van der Waals surface area (Å²) in [6.07, 6.45) is 2.05. The quantitative estimate of drug-likeness (QED) is 0.861. The van der Waals surface area contributed by atoms with Gasteiger partial charge in [-0.2, -0.15) is 0 Å². The molecule has 6 nitrogen and oxygen atoms in total. The van der Waals surface area contributed by atoms with Crippen LogP contribution < -0.4 is 9.80 Å². The highest BCUT2D eigenvalue weighted by Gasteiger charge is 2.43. The molecule has 0 aliphatic carbocycles. The van der Waals surface area contributed by atoms with Crippen LogP contribution in [0.3, 0.4) is 0 Å². The topological polar surface area (TPSA) is 77.9 Å². The van der Waals surface area contributed by atoms with E-state index in [0.717, 1.165) is 25.1 Å². The van der Waals surface area contributed by atoms with E-state index in [9.17, 15) is 14.4 Å². The molecule has 1 N–H and O–H groups in total. The second-order valence-electron chi connectivity index (χ2n) is 6.56. The minimum atomic E-state index is -1.04. The zero-order chi connectivity index (χ0) is 18.3. The fourth-order valence-corrected chi connectivity index (χ4v) is 3.77. The highest BCUT2D eigenvalue weighted by atomic mass is 16.4. The predicted molar refractivity (Wildman–Crippen MR) is 96.4 cm³/mol. The number of hydrogen-bond donors (Lipinski definition) is 1. The average molecular weight is 350 g/mol. The second kappa shape index (κ2) is 6.29. The van der Waals surface area contributed by atoms with Gasteiger partial charge in [-0.15, -0.1) is 0 Å². The van der Waals surface area contributed by atoms with Crippen LogP contribution in [0.1, 0.15) is 28.8 Å². The number of fused-ring (bicyclic) bond motifs is 1. The molecule has 2 aromatic rings. The summed E-state index contributed by atoms with van der Waals surface area (Å²) in [5, 5.41) is 9.00. The molecule has 0 aromatic heterocycles. The Bertz CT molecular complexity index is 891. The summed E-state index contributed by atoms with van der Waals surface area (Å²) in [5.41, 5.74) is 2.75. The molecular weight excluding hydrogens is 332 g/mol. The first-order valence-corrected chi connectivity index (χ1v) is 8.61. The number of aromatic carboxylic acids is 1. The molecule has 0 saturated carbocycles. The molecule has 0 bridgehead atoms. The van der Waals surface area contributed by atoms with Crippen LogP contribution in [0, 0.1) is 0 Å². The molecule has 6 heteroatoms. The van der Waals surface area contributed by atoms with Gasteiger partial charge in [0.2, 0.25) is 5.91 Å². The molecule has 1 unspecified atom stereocenters. The number of anilines is 2. The highest BCUT2D eigenvalue weighted by Crippen LogP contribution is 2.33. The normalized spacial score (nSPS) is 19.6. The zero-order valence-electron chi connectivity index (χ0n) is 14.1. The van der Waals surface area contributed by atoms with Crippen molar-refractivity contribution >= 4 is 29.2 Å². The Morgan fingerprint density at radius 2 is 1.77 bits per heavy atom. The number of hydrogen-bond acceptors (Lipinski definition) is 4. The van der Waals surface area contributed by atoms with Gasteiger partial charge in [0.25, 0.3) is 5.91 Å². The van der Waals surface area contributed by atoms with Crippen LogP contribution in [-0.4, -0.2) is 35.5 Å². The molecule has 132 valence electrons. The maximum absolute atomic E-state index is 13.0. The molecule has 2 heterocycles. The third-order valence-electron chi connectivity index (χ3n) is 5.02. The van der Waals surface area contributed by atoms with E-state index < -0.39 is 12.0 Å². The smallest absolute Gasteiger partial charge is 0.335 e. The number of carbonyl (C=O) groups is 3. The monoisotopic (exact) mass is 350 g/mol. The summed E-state index contributed by atoms with van der Waals surface area (Å²) in [6.45, 7) is 0.743. The average Bonchev–Trinajstić information content (AvgIpc) is 2.95. The van der Waals surface area contributed by atoms with E-state index in [0.29, 0.717) is 5.69 Å². The minimum Gasteiger partial charge on any atom is -0.478 e. The Kier molecular flexibility index (Phi) is 3.95. The number of rotatable bonds is 3. The van der Waals surface area contributed by atoms with Crippen LogP contribution in [-0.2, 0) is 16.0 Å². The van der Waals surface area contributed by atoms with E-state index in [-0.39, 0.29) is 23.8 Å². The Morgan fingerprint density at radius 1 is 1.04 bits per heavy atom. The van der Waals surface area contributed by atoms with Crippen molar-refractivity contribution in [1.29, 1.82) is 0 Å². The SMILES string of the molecule is O=C(O)c1ccc(N2C(=O)CC(N3CCCc4ccccc43)C2=O)cc1. The van der Waals surface area contributed by atoms with Crippen molar-refractivity contribution in [2.24, 2.45) is 0 Å². The van der Waals surface area contributed by atoms with Crippen LogP contribution in [0.5, 0.6) is 0 Å². The first-order valence-electron chi connectivity index (χ1n) is 8.61. The van der Waals surface area contributed by atoms with Crippen molar-refractivity contribution in [3.63, 3.8) is 0 Å². The van der Waals surface area contributed by atoms with Gasteiger partial charge in [0, 0.05) is 12.2 Å². The van der Waals surface area contributed by atoms with Crippen molar-refractivity contribution in [3.8, 4) is 0 Å². The summed E-state index contributed by atoms with van der Waals surface area (Å²) < 4.78 is 0. The van der Waals surface area contributed by atoms with E-state index in [1.807, 2.05) is 23.1 Å². The molecule has 1 atom stereocenters. The predicted octanol–water partition coefficient (Wildman–Crippen LogP) is 2.47. The summed E-state index contributed by atoms with van der Waals surface area (Å²) in [4.78, 5) is 39.7. The van der Waals surface area contributed by atoms with Crippen molar-refractivity contribution < 1.29 is 19.5 Å². The fourth-order valence-electron chi connectivity index (χ4n) is 3.77. The number of imide groups is 1. The Balaban J connectivity index is 1.63. The van der Waals surface area contributed by atoms with Gasteiger partial charge in [-0.25, -0.2) is 9.69 Å². The number of benzene rings is 2. The molecule has 2 aromatic carbocycles. The molecule has 2 amide bonds. The minimum absolute atomic E-state index is 0.120. The lowest BCUT2D eigenvalue weighted by Gasteiger charge is -2.34. The number of para-hydroxylation sites is 1. The Labute approximate surface area is 150 Å². The fraction of sp³-hybridized carbons (Fsp3) is 0.250. The van der Waals surface area contributed by atoms with Gasteiger partial charge in [-0.1, -0.05) is 18.2 Å². The van der Waals surface area contributed by atoms with Crippen LogP contribution in [0.4, 0.5) is 11.4 Å². The summed E-state index contributed by atoms with van der Waals surface area (Å²) in [6, 6.07) is 13.3. The standard InChI is InChI=1S/C20H18N2O4/c23-18-12-17(21-11-3-5-13-4-1-2-6-16(13)21)19(24)22(18)15-9-7-14(8-10-15)20(25)26/h1-2,4,6-10,17H,3,5,11-12H2,(H,25,26). The first-order chi connectivity index (χ1) is 12.6. The van der Waals surface area contributed by atoms with Crippen molar-refractivity contribution in [1.82, 2.24) is 0 Å². The van der Waals surface area contributed by atoms with Gasteiger partial charge in [0.05, 0.1) is 17.7 Å². The van der Waals surface area contributed by atoms with Crippen LogP contribution in [0.2, 0.25) is 0 Å². The number of nitrogens with zero attached hydrogens (tertiary/aromatic N) is 2. The van der Waals surface area contributed by atoms with Gasteiger partial charge >= 0.3 is 5.97 Å². The maximum Gasteiger partial charge on any atom is 0.335 e. The van der Waals surface area contributed by atoms with E-state index in [4.69, 9.17) is 5.11 Å². The third-order valence-corrected chi connectivity index (χ3v) is 5.02. The maximum atomic E-state index is 13.0. The first kappa shape index (κ1) is 16.3. The lowest BCUT2D eigenvalue weighted by molar-refractivity contribution is -0.121. The highest BCUT2D eigenvalue weighted by molar-refractivity contribution is 6.23. The van der Waals surface area contributed by atoms with Gasteiger partial charge < -0.3 is 10.0 Å². The van der Waals surface area contributed by atoms with E-state index in [1.165, 1.54) is 34.7 Å². The molecule has 26 heavy (non-hydrogen) atoms. The molecule has 2 aliphatic rings. The second-order valence-corrected chi connectivity index (χ2v) is 6.56. The lowest BCUT2D eigenvalue weighted by atomic mass is 9.99. The Morgan fingerprint density at radius 3 is 2.50 bits per heavy atom. The van der Waals surface area contributed by atoms with Gasteiger partial charge in [0.15, 0.2) is 0 Å². The van der Waals surface area contributed by atoms with Crippen molar-refractivity contribution in [3.05, 3.63) is 59.7 Å². The summed E-state index contributed by atoms with van der Waals surface area (Å²) in [5.74, 6) is -1.56. The number of carboxylic acid groups (broad SMARTS) is 1. The summed E-state index contributed by atoms with van der Waals surface area (Å²) in [7, 11) is 0. The number of carbonyl (C=O) groups excluding carboxylic acids is 2. The molecule has 1 saturated heterocycles. The molecule has 1 fully saturated rings. The van der Waals surface area contributed by atoms with Crippen molar-refractivity contribution in [2.75, 3.05) is 16.3 Å². The molecule has 2 aliphatic heterocycles. The van der Waals surface area contributed by atoms with Crippen LogP contribution >= 0.6 is 0 Å². The number of carboxylic acids is 1. The Hall–Kier alpha value is -3.15. The zero-order valence-corrected chi connectivity index (χ0v) is 14.1. The lowest BCUT2D eigenvalue weighted by Crippen LogP contribution is -2.44. The third kappa shape index (κ3) is 2.63. The van der Waals surface area contributed by atoms with E-state index in [2.05, 4.69) is 6.07 Å². The van der Waals surface area contributed by atoms with E-state index >= 15 is 0 Å². The van der Waals surface area contributed by atoms with Crippen LogP contribution in [0.15, 0.2) is 48.5 Å². The molecular formula is C20H18N2O4. The molecule has 0 spiro atoms. The number of amides is 2. The largest absolute Gasteiger partial charge is 0.478 e. The van der Waals surface area contributed by atoms with Gasteiger partial charge in [0.1, 0.15) is 6.04 Å². The molecule has 4 rings (SSSR count). The van der Waals surface area contributed by atoms with Crippen molar-refractivity contribution in [2.45, 2.75) is 25.3 Å². The number of aryl methyl sites for hydroxylation is 1. The van der Waals surface area contributed by atoms with Gasteiger partial charge in [-0.05, 0) is 48.7 Å². The van der Waals surface area contributed by atoms with Crippen LogP contribution in [0.25, 0.3) is 0 Å². The summed E-state index contributed by atoms with van der Waals surface area (Å²) >= 11 is 0.